The quantitative estimate of drug-likeness (QED) is 0.836. The van der Waals surface area contributed by atoms with Gasteiger partial charge in [-0.15, -0.1) is 0 Å². The first-order valence-electron chi connectivity index (χ1n) is 6.93. The largest absolute Gasteiger partial charge is 0.334 e. The number of nitriles is 1. The Balaban J connectivity index is 2.14. The molecular weight excluding hydrogens is 238 g/mol. The van der Waals surface area contributed by atoms with Crippen LogP contribution in [0.4, 0.5) is 0 Å². The minimum absolute atomic E-state index is 0.00244. The first-order chi connectivity index (χ1) is 9.26. The predicted octanol–water partition coefficient (Wildman–Crippen LogP) is 2.75. The van der Waals surface area contributed by atoms with Gasteiger partial charge in [0, 0.05) is 18.8 Å². The van der Waals surface area contributed by atoms with E-state index in [-0.39, 0.29) is 5.91 Å². The molecule has 4 heteroatoms. The summed E-state index contributed by atoms with van der Waals surface area (Å²) in [5.41, 5.74) is 0.933. The van der Waals surface area contributed by atoms with E-state index in [4.69, 9.17) is 5.26 Å². The summed E-state index contributed by atoms with van der Waals surface area (Å²) in [5, 5.41) is 8.74. The lowest BCUT2D eigenvalue weighted by Crippen LogP contribution is -2.43. The van der Waals surface area contributed by atoms with Crippen molar-refractivity contribution < 1.29 is 4.79 Å². The van der Waals surface area contributed by atoms with Crippen molar-refractivity contribution in [2.24, 2.45) is 0 Å². The number of amides is 1. The van der Waals surface area contributed by atoms with Crippen LogP contribution in [0.5, 0.6) is 0 Å². The molecule has 1 amide bonds. The van der Waals surface area contributed by atoms with Crippen LogP contribution in [0.3, 0.4) is 0 Å². The van der Waals surface area contributed by atoms with Crippen molar-refractivity contribution in [2.45, 2.75) is 45.1 Å². The van der Waals surface area contributed by atoms with E-state index in [0.717, 1.165) is 32.2 Å². The Bertz CT molecular complexity index is 473. The maximum Gasteiger partial charge on any atom is 0.272 e. The maximum absolute atomic E-state index is 12.5. The molecule has 0 aromatic carbocycles. The minimum atomic E-state index is 0.00244. The number of aromatic nitrogens is 1. The summed E-state index contributed by atoms with van der Waals surface area (Å²) < 4.78 is 0. The van der Waals surface area contributed by atoms with E-state index < -0.39 is 0 Å². The Kier molecular flexibility index (Phi) is 4.51. The van der Waals surface area contributed by atoms with Gasteiger partial charge in [-0.1, -0.05) is 13.3 Å². The predicted molar refractivity (Wildman–Crippen MR) is 72.5 cm³/mol. The van der Waals surface area contributed by atoms with Gasteiger partial charge in [-0.25, -0.2) is 4.98 Å². The molecule has 0 spiro atoms. The second kappa shape index (κ2) is 6.33. The first-order valence-corrected chi connectivity index (χ1v) is 6.93. The van der Waals surface area contributed by atoms with Crippen molar-refractivity contribution >= 4 is 5.91 Å². The van der Waals surface area contributed by atoms with Gasteiger partial charge in [0.05, 0.1) is 5.56 Å². The van der Waals surface area contributed by atoms with Crippen LogP contribution in [0.25, 0.3) is 0 Å². The van der Waals surface area contributed by atoms with E-state index in [9.17, 15) is 4.79 Å². The van der Waals surface area contributed by atoms with Crippen LogP contribution in [-0.2, 0) is 0 Å². The van der Waals surface area contributed by atoms with E-state index in [0.29, 0.717) is 17.3 Å². The van der Waals surface area contributed by atoms with Crippen LogP contribution in [0.1, 0.15) is 55.1 Å². The Hall–Kier alpha value is -1.89. The van der Waals surface area contributed by atoms with Crippen molar-refractivity contribution in [3.8, 4) is 6.07 Å². The molecule has 1 fully saturated rings. The maximum atomic E-state index is 12.5. The SMILES string of the molecule is CCCC1CCCCN1C(=O)c1ccc(C#N)cn1. The third kappa shape index (κ3) is 3.11. The van der Waals surface area contributed by atoms with Crippen LogP contribution < -0.4 is 0 Å². The molecule has 1 saturated heterocycles. The number of piperidine rings is 1. The van der Waals surface area contributed by atoms with Gasteiger partial charge in [0.1, 0.15) is 11.8 Å². The summed E-state index contributed by atoms with van der Waals surface area (Å²) in [5.74, 6) is 0.00244. The van der Waals surface area contributed by atoms with Gasteiger partial charge in [0.2, 0.25) is 0 Å². The minimum Gasteiger partial charge on any atom is -0.334 e. The van der Waals surface area contributed by atoms with Crippen LogP contribution in [0.2, 0.25) is 0 Å². The fraction of sp³-hybridized carbons (Fsp3) is 0.533. The molecule has 0 bridgehead atoms. The first kappa shape index (κ1) is 13.5. The van der Waals surface area contributed by atoms with Gasteiger partial charge < -0.3 is 4.90 Å². The summed E-state index contributed by atoms with van der Waals surface area (Å²) in [6.45, 7) is 2.97. The number of rotatable bonds is 3. The number of carbonyl (C=O) groups is 1. The average molecular weight is 257 g/mol. The number of hydrogen-bond donors (Lipinski definition) is 0. The normalized spacial score (nSPS) is 18.9. The highest BCUT2D eigenvalue weighted by Crippen LogP contribution is 2.22. The third-order valence-corrected chi connectivity index (χ3v) is 3.62. The summed E-state index contributed by atoms with van der Waals surface area (Å²) in [6.07, 6.45) is 6.98. The van der Waals surface area contributed by atoms with Crippen molar-refractivity contribution in [2.75, 3.05) is 6.54 Å². The highest BCUT2D eigenvalue weighted by atomic mass is 16.2. The molecule has 0 radical (unpaired) electrons. The monoisotopic (exact) mass is 257 g/mol. The Morgan fingerprint density at radius 1 is 1.53 bits per heavy atom. The highest BCUT2D eigenvalue weighted by molar-refractivity contribution is 5.92. The van der Waals surface area contributed by atoms with Crippen molar-refractivity contribution in [3.05, 3.63) is 29.6 Å². The molecule has 1 atom stereocenters. The second-order valence-corrected chi connectivity index (χ2v) is 4.98. The van der Waals surface area contributed by atoms with Crippen LogP contribution in [0, 0.1) is 11.3 Å². The van der Waals surface area contributed by atoms with Gasteiger partial charge in [0.25, 0.3) is 5.91 Å². The molecule has 1 unspecified atom stereocenters. The molecule has 0 N–H and O–H groups in total. The summed E-state index contributed by atoms with van der Waals surface area (Å²) >= 11 is 0. The van der Waals surface area contributed by atoms with E-state index in [1.54, 1.807) is 12.1 Å². The molecular formula is C15H19N3O. The number of nitrogens with zero attached hydrogens (tertiary/aromatic N) is 3. The molecule has 2 heterocycles. The van der Waals surface area contributed by atoms with E-state index >= 15 is 0 Å². The smallest absolute Gasteiger partial charge is 0.272 e. The number of carbonyl (C=O) groups excluding carboxylic acids is 1. The molecule has 0 saturated carbocycles. The van der Waals surface area contributed by atoms with Crippen LogP contribution in [-0.4, -0.2) is 28.4 Å². The van der Waals surface area contributed by atoms with Gasteiger partial charge in [-0.05, 0) is 37.8 Å². The molecule has 4 nitrogen and oxygen atoms in total. The zero-order valence-electron chi connectivity index (χ0n) is 11.3. The average Bonchev–Trinajstić information content (AvgIpc) is 2.47. The molecule has 0 aliphatic carbocycles. The molecule has 1 aromatic heterocycles. The molecule has 19 heavy (non-hydrogen) atoms. The number of hydrogen-bond acceptors (Lipinski definition) is 3. The number of pyridine rings is 1. The fourth-order valence-corrected chi connectivity index (χ4v) is 2.63. The summed E-state index contributed by atoms with van der Waals surface area (Å²) in [7, 11) is 0. The lowest BCUT2D eigenvalue weighted by Gasteiger charge is -2.35. The van der Waals surface area contributed by atoms with Crippen LogP contribution >= 0.6 is 0 Å². The van der Waals surface area contributed by atoms with Gasteiger partial charge in [-0.2, -0.15) is 5.26 Å². The second-order valence-electron chi connectivity index (χ2n) is 4.98. The van der Waals surface area contributed by atoms with E-state index in [2.05, 4.69) is 11.9 Å². The van der Waals surface area contributed by atoms with Gasteiger partial charge >= 0.3 is 0 Å². The van der Waals surface area contributed by atoms with Crippen LogP contribution in [0.15, 0.2) is 18.3 Å². The van der Waals surface area contributed by atoms with Gasteiger partial charge in [-0.3, -0.25) is 4.79 Å². The van der Waals surface area contributed by atoms with E-state index in [1.165, 1.54) is 12.6 Å². The molecule has 100 valence electrons. The zero-order valence-corrected chi connectivity index (χ0v) is 11.3. The van der Waals surface area contributed by atoms with E-state index in [1.807, 2.05) is 11.0 Å². The van der Waals surface area contributed by atoms with Gasteiger partial charge in [0.15, 0.2) is 0 Å². The molecule has 1 aromatic rings. The highest BCUT2D eigenvalue weighted by Gasteiger charge is 2.27. The van der Waals surface area contributed by atoms with Crippen molar-refractivity contribution in [3.63, 3.8) is 0 Å². The third-order valence-electron chi connectivity index (χ3n) is 3.62. The summed E-state index contributed by atoms with van der Waals surface area (Å²) in [6, 6.07) is 5.67. The fourth-order valence-electron chi connectivity index (χ4n) is 2.63. The Labute approximate surface area is 114 Å². The van der Waals surface area contributed by atoms with Crippen molar-refractivity contribution in [1.29, 1.82) is 5.26 Å². The lowest BCUT2D eigenvalue weighted by atomic mass is 9.98. The molecule has 1 aliphatic rings. The molecule has 2 rings (SSSR count). The van der Waals surface area contributed by atoms with Crippen molar-refractivity contribution in [1.82, 2.24) is 9.88 Å². The lowest BCUT2D eigenvalue weighted by molar-refractivity contribution is 0.0594. The standard InChI is InChI=1S/C15H19N3O/c1-2-5-13-6-3-4-9-18(13)15(19)14-8-7-12(10-16)11-17-14/h7-8,11,13H,2-6,9H2,1H3. The zero-order chi connectivity index (χ0) is 13.7. The Morgan fingerprint density at radius 2 is 2.37 bits per heavy atom. The summed E-state index contributed by atoms with van der Waals surface area (Å²) in [4.78, 5) is 18.5. The number of likely N-dealkylation sites (tertiary alicyclic amines) is 1. The molecule has 1 aliphatic heterocycles. The Morgan fingerprint density at radius 3 is 3.00 bits per heavy atom. The topological polar surface area (TPSA) is 57.0 Å².